The lowest BCUT2D eigenvalue weighted by atomic mass is 10.2. The summed E-state index contributed by atoms with van der Waals surface area (Å²) in [5.74, 6) is 2.90. The van der Waals surface area contributed by atoms with Crippen LogP contribution in [0.5, 0.6) is 17.2 Å². The van der Waals surface area contributed by atoms with Crippen LogP contribution in [0.4, 0.5) is 5.69 Å². The number of aliphatic imine (C=N–C) groups is 1. The Morgan fingerprint density at radius 2 is 1.81 bits per heavy atom. The van der Waals surface area contributed by atoms with Gasteiger partial charge in [-0.1, -0.05) is 18.2 Å². The molecule has 2 rings (SSSR count). The molecular formula is C19H26IN3O3. The van der Waals surface area contributed by atoms with E-state index in [1.165, 1.54) is 0 Å². The molecule has 0 aliphatic carbocycles. The average Bonchev–Trinajstić information content (AvgIpc) is 2.66. The molecular weight excluding hydrogens is 445 g/mol. The Balaban J connectivity index is 0.00000338. The third kappa shape index (κ3) is 6.99. The van der Waals surface area contributed by atoms with E-state index < -0.39 is 0 Å². The molecule has 2 aromatic rings. The fourth-order valence-electron chi connectivity index (χ4n) is 2.19. The van der Waals surface area contributed by atoms with Gasteiger partial charge in [0.25, 0.3) is 0 Å². The summed E-state index contributed by atoms with van der Waals surface area (Å²) in [6, 6.07) is 15.4. The van der Waals surface area contributed by atoms with Crippen LogP contribution in [0, 0.1) is 0 Å². The zero-order valence-corrected chi connectivity index (χ0v) is 17.7. The van der Waals surface area contributed by atoms with E-state index in [4.69, 9.17) is 14.2 Å². The van der Waals surface area contributed by atoms with Gasteiger partial charge < -0.3 is 24.8 Å². The van der Waals surface area contributed by atoms with Gasteiger partial charge in [0.2, 0.25) is 0 Å². The summed E-state index contributed by atoms with van der Waals surface area (Å²) in [4.78, 5) is 4.21. The maximum absolute atomic E-state index is 5.65. The molecule has 6 nitrogen and oxygen atoms in total. The topological polar surface area (TPSA) is 64.1 Å². The van der Waals surface area contributed by atoms with Crippen molar-refractivity contribution in [1.29, 1.82) is 0 Å². The number of benzene rings is 2. The molecule has 0 unspecified atom stereocenters. The van der Waals surface area contributed by atoms with Crippen LogP contribution in [0.2, 0.25) is 0 Å². The Morgan fingerprint density at radius 3 is 2.46 bits per heavy atom. The summed E-state index contributed by atoms with van der Waals surface area (Å²) >= 11 is 0. The van der Waals surface area contributed by atoms with Crippen LogP contribution >= 0.6 is 24.0 Å². The summed E-state index contributed by atoms with van der Waals surface area (Å²) in [7, 11) is 3.34. The summed E-state index contributed by atoms with van der Waals surface area (Å²) in [5, 5.41) is 6.43. The van der Waals surface area contributed by atoms with Gasteiger partial charge in [-0.25, -0.2) is 0 Å². The maximum atomic E-state index is 5.65. The van der Waals surface area contributed by atoms with E-state index in [-0.39, 0.29) is 24.0 Å². The monoisotopic (exact) mass is 471 g/mol. The highest BCUT2D eigenvalue weighted by molar-refractivity contribution is 14.0. The molecule has 0 atom stereocenters. The lowest BCUT2D eigenvalue weighted by molar-refractivity contribution is 0.311. The van der Waals surface area contributed by atoms with E-state index in [9.17, 15) is 0 Å². The van der Waals surface area contributed by atoms with Crippen molar-refractivity contribution in [2.45, 2.75) is 6.92 Å². The van der Waals surface area contributed by atoms with Crippen molar-refractivity contribution in [1.82, 2.24) is 5.32 Å². The fraction of sp³-hybridized carbons (Fsp3) is 0.316. The van der Waals surface area contributed by atoms with E-state index in [1.807, 2.05) is 55.5 Å². The first-order valence-corrected chi connectivity index (χ1v) is 8.23. The van der Waals surface area contributed by atoms with Crippen molar-refractivity contribution >= 4 is 35.6 Å². The van der Waals surface area contributed by atoms with Crippen LogP contribution in [0.1, 0.15) is 6.92 Å². The molecule has 2 N–H and O–H groups in total. The third-order valence-electron chi connectivity index (χ3n) is 3.36. The molecule has 0 saturated heterocycles. The minimum absolute atomic E-state index is 0. The Morgan fingerprint density at radius 1 is 1.04 bits per heavy atom. The molecule has 0 radical (unpaired) electrons. The Bertz CT molecular complexity index is 681. The third-order valence-corrected chi connectivity index (χ3v) is 3.36. The molecule has 26 heavy (non-hydrogen) atoms. The molecule has 0 bridgehead atoms. The molecule has 0 spiro atoms. The number of guanidine groups is 1. The summed E-state index contributed by atoms with van der Waals surface area (Å²) in [6.45, 7) is 3.70. The predicted octanol–water partition coefficient (Wildman–Crippen LogP) is 3.78. The van der Waals surface area contributed by atoms with Crippen LogP contribution in [-0.4, -0.2) is 39.9 Å². The number of hydrogen-bond acceptors (Lipinski definition) is 4. The van der Waals surface area contributed by atoms with Crippen LogP contribution < -0.4 is 24.8 Å². The molecule has 0 heterocycles. The molecule has 0 aliphatic rings. The van der Waals surface area contributed by atoms with E-state index >= 15 is 0 Å². The minimum Gasteiger partial charge on any atom is -0.493 e. The molecule has 2 aromatic carbocycles. The summed E-state index contributed by atoms with van der Waals surface area (Å²) in [6.07, 6.45) is 0. The maximum Gasteiger partial charge on any atom is 0.195 e. The van der Waals surface area contributed by atoms with Crippen LogP contribution in [-0.2, 0) is 0 Å². The quantitative estimate of drug-likeness (QED) is 0.266. The van der Waals surface area contributed by atoms with Gasteiger partial charge in [-0.15, -0.1) is 24.0 Å². The van der Waals surface area contributed by atoms with Gasteiger partial charge in [0.05, 0.1) is 20.3 Å². The lowest BCUT2D eigenvalue weighted by Gasteiger charge is -2.15. The smallest absolute Gasteiger partial charge is 0.195 e. The largest absolute Gasteiger partial charge is 0.493 e. The standard InChI is InChI=1S/C19H25N3O3.HI/c1-4-24-17-11-10-15(14-18(17)23-3)22-19(20-2)21-12-13-25-16-8-6-5-7-9-16;/h5-11,14H,4,12-13H2,1-3H3,(H2,20,21,22);1H. The highest BCUT2D eigenvalue weighted by Crippen LogP contribution is 2.30. The normalized spacial score (nSPS) is 10.5. The van der Waals surface area contributed by atoms with Crippen LogP contribution in [0.25, 0.3) is 0 Å². The molecule has 0 saturated carbocycles. The number of nitrogens with zero attached hydrogens (tertiary/aromatic N) is 1. The number of anilines is 1. The van der Waals surface area contributed by atoms with Crippen molar-refractivity contribution in [3.63, 3.8) is 0 Å². The number of hydrogen-bond donors (Lipinski definition) is 2. The number of rotatable bonds is 8. The molecule has 142 valence electrons. The van der Waals surface area contributed by atoms with Crippen molar-refractivity contribution in [2.24, 2.45) is 4.99 Å². The second-order valence-electron chi connectivity index (χ2n) is 5.08. The van der Waals surface area contributed by atoms with Gasteiger partial charge in [0, 0.05) is 18.8 Å². The minimum atomic E-state index is 0. The molecule has 7 heteroatoms. The van der Waals surface area contributed by atoms with Crippen molar-refractivity contribution < 1.29 is 14.2 Å². The van der Waals surface area contributed by atoms with Gasteiger partial charge >= 0.3 is 0 Å². The average molecular weight is 471 g/mol. The molecule has 0 aliphatic heterocycles. The molecule has 0 fully saturated rings. The number of ether oxygens (including phenoxy) is 3. The van der Waals surface area contributed by atoms with Crippen LogP contribution in [0.15, 0.2) is 53.5 Å². The summed E-state index contributed by atoms with van der Waals surface area (Å²) in [5.41, 5.74) is 0.859. The Kier molecular flexibility index (Phi) is 10.3. The van der Waals surface area contributed by atoms with E-state index in [2.05, 4.69) is 15.6 Å². The first-order chi connectivity index (χ1) is 12.3. The second kappa shape index (κ2) is 12.2. The zero-order valence-electron chi connectivity index (χ0n) is 15.3. The first kappa shape index (κ1) is 21.9. The van der Waals surface area contributed by atoms with Gasteiger partial charge in [-0.05, 0) is 31.2 Å². The highest BCUT2D eigenvalue weighted by Gasteiger charge is 2.06. The van der Waals surface area contributed by atoms with Crippen molar-refractivity contribution in [2.75, 3.05) is 39.2 Å². The molecule has 0 aromatic heterocycles. The lowest BCUT2D eigenvalue weighted by Crippen LogP contribution is -2.33. The number of nitrogens with one attached hydrogen (secondary N) is 2. The van der Waals surface area contributed by atoms with Gasteiger partial charge in [-0.3, -0.25) is 4.99 Å². The first-order valence-electron chi connectivity index (χ1n) is 8.23. The molecule has 0 amide bonds. The van der Waals surface area contributed by atoms with Crippen molar-refractivity contribution in [3.8, 4) is 17.2 Å². The van der Waals surface area contributed by atoms with Gasteiger partial charge in [-0.2, -0.15) is 0 Å². The number of para-hydroxylation sites is 1. The highest BCUT2D eigenvalue weighted by atomic mass is 127. The number of halogens is 1. The SMILES string of the molecule is CCOc1ccc(NC(=NC)NCCOc2ccccc2)cc1OC.I. The summed E-state index contributed by atoms with van der Waals surface area (Å²) < 4.78 is 16.5. The van der Waals surface area contributed by atoms with E-state index in [0.29, 0.717) is 31.5 Å². The Labute approximate surface area is 172 Å². The van der Waals surface area contributed by atoms with Crippen molar-refractivity contribution in [3.05, 3.63) is 48.5 Å². The predicted molar refractivity (Wildman–Crippen MR) is 116 cm³/mol. The van der Waals surface area contributed by atoms with E-state index in [1.54, 1.807) is 14.2 Å². The fourth-order valence-corrected chi connectivity index (χ4v) is 2.19. The van der Waals surface area contributed by atoms with E-state index in [0.717, 1.165) is 17.2 Å². The van der Waals surface area contributed by atoms with Gasteiger partial charge in [0.1, 0.15) is 12.4 Å². The second-order valence-corrected chi connectivity index (χ2v) is 5.08. The Hall–Kier alpha value is -2.16. The number of methoxy groups -OCH3 is 1. The van der Waals surface area contributed by atoms with Crippen LogP contribution in [0.3, 0.4) is 0 Å². The zero-order chi connectivity index (χ0) is 17.9. The van der Waals surface area contributed by atoms with Gasteiger partial charge in [0.15, 0.2) is 17.5 Å².